The van der Waals surface area contributed by atoms with Crippen LogP contribution in [0, 0.1) is 0 Å². The second-order valence-corrected chi connectivity index (χ2v) is 8.38. The number of ether oxygens (including phenoxy) is 1. The van der Waals surface area contributed by atoms with Crippen molar-refractivity contribution in [1.29, 1.82) is 0 Å². The van der Waals surface area contributed by atoms with E-state index in [2.05, 4.69) is 15.5 Å². The summed E-state index contributed by atoms with van der Waals surface area (Å²) >= 11 is 1.51. The summed E-state index contributed by atoms with van der Waals surface area (Å²) in [4.78, 5) is 33.5. The third-order valence-electron chi connectivity index (χ3n) is 5.04. The number of hydrogen-bond donors (Lipinski definition) is 1. The van der Waals surface area contributed by atoms with Gasteiger partial charge in [0.05, 0.1) is 29.6 Å². The van der Waals surface area contributed by atoms with E-state index in [9.17, 15) is 9.59 Å². The van der Waals surface area contributed by atoms with Gasteiger partial charge in [-0.25, -0.2) is 0 Å². The smallest absolute Gasteiger partial charge is 0.268 e. The molecule has 162 valence electrons. The number of nitrogens with one attached hydrogen (secondary N) is 1. The molecule has 4 rings (SSSR count). The van der Waals surface area contributed by atoms with Gasteiger partial charge in [-0.2, -0.15) is 4.98 Å². The summed E-state index contributed by atoms with van der Waals surface area (Å²) in [5.41, 5.74) is 1.36. The van der Waals surface area contributed by atoms with Crippen molar-refractivity contribution in [2.24, 2.45) is 0 Å². The molecule has 1 aromatic carbocycles. The van der Waals surface area contributed by atoms with Crippen LogP contribution in [0.1, 0.15) is 22.6 Å². The number of nitrogens with zero attached hydrogens (tertiary/aromatic N) is 4. The molecule has 1 atom stereocenters. The number of likely N-dealkylation sites (N-methyl/N-ethyl adjacent to an activating group) is 1. The molecule has 1 unspecified atom stereocenters. The minimum absolute atomic E-state index is 0.0851. The first-order valence-electron chi connectivity index (χ1n) is 9.77. The van der Waals surface area contributed by atoms with Crippen LogP contribution in [0.15, 0.2) is 40.2 Å². The van der Waals surface area contributed by atoms with Gasteiger partial charge in [-0.15, -0.1) is 11.3 Å². The van der Waals surface area contributed by atoms with Crippen molar-refractivity contribution in [2.75, 3.05) is 32.6 Å². The zero-order chi connectivity index (χ0) is 22.0. The van der Waals surface area contributed by atoms with Crippen LogP contribution in [0.2, 0.25) is 0 Å². The van der Waals surface area contributed by atoms with Gasteiger partial charge >= 0.3 is 0 Å². The molecule has 3 aromatic rings. The Morgan fingerprint density at radius 3 is 2.90 bits per heavy atom. The number of rotatable bonds is 6. The molecule has 9 nitrogen and oxygen atoms in total. The molecule has 10 heteroatoms. The van der Waals surface area contributed by atoms with Crippen LogP contribution in [0.5, 0.6) is 5.75 Å². The van der Waals surface area contributed by atoms with Crippen LogP contribution in [0.25, 0.3) is 10.8 Å². The molecule has 2 aromatic heterocycles. The van der Waals surface area contributed by atoms with E-state index in [4.69, 9.17) is 9.26 Å². The van der Waals surface area contributed by atoms with E-state index in [1.807, 2.05) is 29.5 Å². The molecule has 2 amide bonds. The second-order valence-electron chi connectivity index (χ2n) is 7.43. The van der Waals surface area contributed by atoms with Crippen LogP contribution in [0.3, 0.4) is 0 Å². The van der Waals surface area contributed by atoms with Gasteiger partial charge in [0.15, 0.2) is 5.82 Å². The number of carbonyl (C=O) groups excluding carboxylic acids is 2. The van der Waals surface area contributed by atoms with Crippen LogP contribution in [-0.2, 0) is 11.3 Å². The van der Waals surface area contributed by atoms with Gasteiger partial charge in [-0.05, 0) is 29.6 Å². The molecule has 0 radical (unpaired) electrons. The molecule has 1 N–H and O–H groups in total. The van der Waals surface area contributed by atoms with Crippen molar-refractivity contribution in [3.05, 3.63) is 47.1 Å². The van der Waals surface area contributed by atoms with E-state index in [0.29, 0.717) is 29.6 Å². The highest BCUT2D eigenvalue weighted by molar-refractivity contribution is 7.13. The van der Waals surface area contributed by atoms with Crippen molar-refractivity contribution in [1.82, 2.24) is 20.4 Å². The molecule has 1 aliphatic rings. The maximum Gasteiger partial charge on any atom is 0.268 e. The quantitative estimate of drug-likeness (QED) is 0.627. The predicted octanol–water partition coefficient (Wildman–Crippen LogP) is 2.40. The van der Waals surface area contributed by atoms with Gasteiger partial charge < -0.3 is 24.4 Å². The summed E-state index contributed by atoms with van der Waals surface area (Å²) in [6.45, 7) is 0.561. The Balaban J connectivity index is 1.36. The van der Waals surface area contributed by atoms with Gasteiger partial charge in [0.1, 0.15) is 12.4 Å². The van der Waals surface area contributed by atoms with E-state index >= 15 is 0 Å². The fourth-order valence-electron chi connectivity index (χ4n) is 3.29. The normalized spacial score (nSPS) is 15.2. The predicted molar refractivity (Wildman–Crippen MR) is 116 cm³/mol. The van der Waals surface area contributed by atoms with Crippen LogP contribution < -0.4 is 15.0 Å². The molecule has 0 saturated carbocycles. The van der Waals surface area contributed by atoms with E-state index in [-0.39, 0.29) is 30.8 Å². The highest BCUT2D eigenvalue weighted by Crippen LogP contribution is 2.34. The maximum atomic E-state index is 12.5. The number of anilines is 1. The third kappa shape index (κ3) is 4.53. The van der Waals surface area contributed by atoms with Gasteiger partial charge in [0.25, 0.3) is 11.8 Å². The maximum absolute atomic E-state index is 12.5. The van der Waals surface area contributed by atoms with Gasteiger partial charge in [-0.1, -0.05) is 11.2 Å². The number of carbonyl (C=O) groups is 2. The fraction of sp³-hybridized carbons (Fsp3) is 0.333. The van der Waals surface area contributed by atoms with Gasteiger partial charge in [0, 0.05) is 26.7 Å². The van der Waals surface area contributed by atoms with Crippen molar-refractivity contribution in [3.8, 4) is 16.5 Å². The lowest BCUT2D eigenvalue weighted by molar-refractivity contribution is -0.121. The Morgan fingerprint density at radius 1 is 1.32 bits per heavy atom. The van der Waals surface area contributed by atoms with Gasteiger partial charge in [0.2, 0.25) is 5.91 Å². The SMILES string of the molecule is CN(C)C(=O)c1ccc2c(c1)N(C)C(CC(=O)NCc1noc(-c3cccs3)n1)CO2. The first-order chi connectivity index (χ1) is 14.9. The number of hydrogen-bond acceptors (Lipinski definition) is 8. The second kappa shape index (κ2) is 8.76. The lowest BCUT2D eigenvalue weighted by atomic mass is 10.1. The number of benzene rings is 1. The van der Waals surface area contributed by atoms with Crippen molar-refractivity contribution >= 4 is 28.8 Å². The summed E-state index contributed by atoms with van der Waals surface area (Å²) in [5, 5.41) is 8.67. The molecule has 0 aliphatic carbocycles. The van der Waals surface area contributed by atoms with Gasteiger partial charge in [-0.3, -0.25) is 9.59 Å². The van der Waals surface area contributed by atoms with E-state index in [1.54, 1.807) is 32.3 Å². The minimum Gasteiger partial charge on any atom is -0.489 e. The number of thiophene rings is 1. The van der Waals surface area contributed by atoms with Crippen LogP contribution >= 0.6 is 11.3 Å². The Labute approximate surface area is 183 Å². The lowest BCUT2D eigenvalue weighted by Crippen LogP contribution is -2.43. The third-order valence-corrected chi connectivity index (χ3v) is 5.89. The Morgan fingerprint density at radius 2 is 2.16 bits per heavy atom. The average molecular weight is 442 g/mol. The summed E-state index contributed by atoms with van der Waals surface area (Å²) in [6, 6.07) is 8.98. The average Bonchev–Trinajstić information content (AvgIpc) is 3.45. The highest BCUT2D eigenvalue weighted by Gasteiger charge is 2.28. The van der Waals surface area contributed by atoms with Crippen molar-refractivity contribution < 1.29 is 18.8 Å². The molecule has 0 fully saturated rings. The summed E-state index contributed by atoms with van der Waals surface area (Å²) in [7, 11) is 5.32. The highest BCUT2D eigenvalue weighted by atomic mass is 32.1. The molecule has 0 bridgehead atoms. The summed E-state index contributed by atoms with van der Waals surface area (Å²) in [5.74, 6) is 1.33. The summed E-state index contributed by atoms with van der Waals surface area (Å²) < 4.78 is 11.1. The number of fused-ring (bicyclic) bond motifs is 1. The summed E-state index contributed by atoms with van der Waals surface area (Å²) in [6.07, 6.45) is 0.234. The molecule has 0 saturated heterocycles. The van der Waals surface area contributed by atoms with Crippen molar-refractivity contribution in [3.63, 3.8) is 0 Å². The Bertz CT molecular complexity index is 1080. The van der Waals surface area contributed by atoms with Crippen LogP contribution in [-0.4, -0.2) is 60.6 Å². The minimum atomic E-state index is -0.163. The topological polar surface area (TPSA) is 101 Å². The lowest BCUT2D eigenvalue weighted by Gasteiger charge is -2.35. The van der Waals surface area contributed by atoms with E-state index in [0.717, 1.165) is 10.6 Å². The molecule has 3 heterocycles. The molecule has 1 aliphatic heterocycles. The molecule has 0 spiro atoms. The van der Waals surface area contributed by atoms with Crippen molar-refractivity contribution in [2.45, 2.75) is 19.0 Å². The first-order valence-corrected chi connectivity index (χ1v) is 10.6. The number of amides is 2. The molecule has 31 heavy (non-hydrogen) atoms. The van der Waals surface area contributed by atoms with E-state index < -0.39 is 0 Å². The zero-order valence-corrected chi connectivity index (χ0v) is 18.3. The fourth-order valence-corrected chi connectivity index (χ4v) is 3.93. The Hall–Kier alpha value is -3.40. The largest absolute Gasteiger partial charge is 0.489 e. The standard InChI is InChI=1S/C21H23N5O4S/c1-25(2)21(28)13-6-7-16-15(9-13)26(3)14(12-29-16)10-19(27)22-11-18-23-20(30-24-18)17-5-4-8-31-17/h4-9,14H,10-12H2,1-3H3,(H,22,27). The van der Waals surface area contributed by atoms with Crippen LogP contribution in [0.4, 0.5) is 5.69 Å². The zero-order valence-electron chi connectivity index (χ0n) is 17.5. The number of aromatic nitrogens is 2. The first kappa shape index (κ1) is 20.9. The Kier molecular flexibility index (Phi) is 5.90. The molecular formula is C21H23N5O4S. The van der Waals surface area contributed by atoms with E-state index in [1.165, 1.54) is 16.2 Å². The molecular weight excluding hydrogens is 418 g/mol. The monoisotopic (exact) mass is 441 g/mol.